The maximum absolute atomic E-state index is 13.1. The summed E-state index contributed by atoms with van der Waals surface area (Å²) in [6.07, 6.45) is -8.35. The lowest BCUT2D eigenvalue weighted by Gasteiger charge is -2.40. The number of benzene rings is 1. The van der Waals surface area contributed by atoms with E-state index in [0.717, 1.165) is 0 Å². The van der Waals surface area contributed by atoms with Crippen molar-refractivity contribution in [3.63, 3.8) is 0 Å². The highest BCUT2D eigenvalue weighted by Crippen LogP contribution is 2.52. The number of ketones is 1. The Kier molecular flexibility index (Phi) is 6.28. The van der Waals surface area contributed by atoms with E-state index in [-0.39, 0.29) is 30.1 Å². The highest BCUT2D eigenvalue weighted by Gasteiger charge is 2.51. The zero-order valence-corrected chi connectivity index (χ0v) is 17.5. The van der Waals surface area contributed by atoms with Crippen molar-refractivity contribution in [2.24, 2.45) is 5.41 Å². The van der Waals surface area contributed by atoms with Gasteiger partial charge in [-0.05, 0) is 50.8 Å². The van der Waals surface area contributed by atoms with Crippen LogP contribution in [0.5, 0.6) is 5.75 Å². The Morgan fingerprint density at radius 1 is 1.00 bits per heavy atom. The zero-order valence-electron chi connectivity index (χ0n) is 17.5. The number of rotatable bonds is 5. The Hall–Kier alpha value is -1.59. The Morgan fingerprint density at radius 2 is 1.63 bits per heavy atom. The molecule has 1 heterocycles. The van der Waals surface area contributed by atoms with Crippen molar-refractivity contribution in [1.29, 1.82) is 0 Å². The molecule has 2 aliphatic rings. The van der Waals surface area contributed by atoms with Crippen LogP contribution in [-0.2, 0) is 11.2 Å². The second-order valence-corrected chi connectivity index (χ2v) is 8.59. The lowest BCUT2D eigenvalue weighted by molar-refractivity contribution is -0.277. The van der Waals surface area contributed by atoms with Crippen LogP contribution >= 0.6 is 0 Å². The molecule has 1 aromatic rings. The fraction of sp³-hybridized carbons (Fsp3) is 0.667. The van der Waals surface area contributed by atoms with Gasteiger partial charge in [0.1, 0.15) is 30.2 Å². The van der Waals surface area contributed by atoms with Gasteiger partial charge in [0.15, 0.2) is 5.78 Å². The summed E-state index contributed by atoms with van der Waals surface area (Å²) in [5.41, 5.74) is 1.34. The molecule has 1 saturated heterocycles. The van der Waals surface area contributed by atoms with Gasteiger partial charge in [-0.1, -0.05) is 0 Å². The van der Waals surface area contributed by atoms with Crippen molar-refractivity contribution < 1.29 is 44.9 Å². The minimum atomic E-state index is -1.64. The number of ether oxygens (including phenoxy) is 2. The average molecular weight is 426 g/mol. The van der Waals surface area contributed by atoms with E-state index in [1.54, 1.807) is 27.7 Å². The van der Waals surface area contributed by atoms with Gasteiger partial charge >= 0.3 is 0 Å². The molecule has 9 nitrogen and oxygen atoms in total. The number of aliphatic hydroxyl groups is 6. The first-order chi connectivity index (χ1) is 14.0. The average Bonchev–Trinajstić information content (AvgIpc) is 2.88. The van der Waals surface area contributed by atoms with Crippen LogP contribution in [0.4, 0.5) is 0 Å². The summed E-state index contributed by atoms with van der Waals surface area (Å²) < 4.78 is 11.3. The molecule has 1 aliphatic heterocycles. The highest BCUT2D eigenvalue weighted by atomic mass is 16.7. The van der Waals surface area contributed by atoms with E-state index in [2.05, 4.69) is 0 Å². The van der Waals surface area contributed by atoms with Crippen molar-refractivity contribution in [2.45, 2.75) is 70.9 Å². The van der Waals surface area contributed by atoms with Crippen LogP contribution in [0.2, 0.25) is 0 Å². The summed E-state index contributed by atoms with van der Waals surface area (Å²) in [5.74, 6) is -0.143. The normalized spacial score (nSPS) is 32.9. The molecule has 30 heavy (non-hydrogen) atoms. The summed E-state index contributed by atoms with van der Waals surface area (Å²) in [7, 11) is 0. The highest BCUT2D eigenvalue weighted by molar-refractivity contribution is 6.07. The van der Waals surface area contributed by atoms with Crippen LogP contribution in [-0.4, -0.2) is 80.3 Å². The van der Waals surface area contributed by atoms with Gasteiger partial charge < -0.3 is 40.1 Å². The molecule has 1 fully saturated rings. The molecule has 0 aromatic heterocycles. The monoisotopic (exact) mass is 426 g/mol. The molecule has 6 N–H and O–H groups in total. The van der Waals surface area contributed by atoms with Crippen molar-refractivity contribution in [2.75, 3.05) is 13.2 Å². The van der Waals surface area contributed by atoms with Crippen molar-refractivity contribution in [3.05, 3.63) is 27.8 Å². The largest absolute Gasteiger partial charge is 0.461 e. The number of aliphatic hydroxyl groups excluding tert-OH is 6. The van der Waals surface area contributed by atoms with Crippen LogP contribution in [0.25, 0.3) is 0 Å². The molecule has 9 heteroatoms. The molecule has 0 saturated carbocycles. The summed E-state index contributed by atoms with van der Waals surface area (Å²) >= 11 is 0. The fourth-order valence-corrected chi connectivity index (χ4v) is 4.37. The molecule has 0 spiro atoms. The number of Topliss-reactive ketones (excluding diaryl/α,β-unsaturated/α-hetero) is 1. The number of hydrogen-bond donors (Lipinski definition) is 6. The second-order valence-electron chi connectivity index (χ2n) is 8.59. The number of hydrogen-bond acceptors (Lipinski definition) is 9. The van der Waals surface area contributed by atoms with Gasteiger partial charge in [0.05, 0.1) is 18.1 Å². The maximum atomic E-state index is 13.1. The van der Waals surface area contributed by atoms with E-state index in [0.29, 0.717) is 22.3 Å². The third-order valence-corrected chi connectivity index (χ3v) is 6.35. The minimum Gasteiger partial charge on any atom is -0.461 e. The molecule has 1 aliphatic carbocycles. The molecule has 1 aromatic carbocycles. The molecular formula is C21H30O9. The first kappa shape index (κ1) is 23.1. The number of fused-ring (bicyclic) bond motifs is 1. The van der Waals surface area contributed by atoms with E-state index in [9.17, 15) is 35.4 Å². The molecule has 0 unspecified atom stereocenters. The van der Waals surface area contributed by atoms with E-state index in [4.69, 9.17) is 9.47 Å². The fourth-order valence-electron chi connectivity index (χ4n) is 4.37. The molecule has 0 radical (unpaired) electrons. The van der Waals surface area contributed by atoms with E-state index >= 15 is 0 Å². The smallest absolute Gasteiger partial charge is 0.229 e. The summed E-state index contributed by atoms with van der Waals surface area (Å²) in [6, 6.07) is 0. The first-order valence-electron chi connectivity index (χ1n) is 9.95. The van der Waals surface area contributed by atoms with Crippen molar-refractivity contribution in [1.82, 2.24) is 0 Å². The molecule has 0 amide bonds. The summed E-state index contributed by atoms with van der Waals surface area (Å²) in [6.45, 7) is 5.93. The van der Waals surface area contributed by atoms with Gasteiger partial charge in [-0.25, -0.2) is 0 Å². The zero-order chi connectivity index (χ0) is 22.5. The topological polar surface area (TPSA) is 157 Å². The standard InChI is InChI=1S/C21H30O9/c1-8-10(5-6-22)9(2)17(13-12(8)18(27)21(3,4)19(13)28)30-20-16(26)15(25)14(24)11(7-23)29-20/h11,14-16,19-20,22-26,28H,5-7H2,1-4H3/t11-,14-,15+,16-,19-,20+/m1/s1. The van der Waals surface area contributed by atoms with Gasteiger partial charge in [0.25, 0.3) is 0 Å². The third kappa shape index (κ3) is 3.34. The SMILES string of the molecule is Cc1c(CCO)c(C)c2c(c1O[C@@H]1O[C@H](CO)[C@@H](O)[C@H](O)[C@H]1O)[C@@H](O)C(C)(C)C2=O. The van der Waals surface area contributed by atoms with Gasteiger partial charge in [-0.3, -0.25) is 4.79 Å². The van der Waals surface area contributed by atoms with Gasteiger partial charge in [-0.2, -0.15) is 0 Å². The molecule has 168 valence electrons. The lowest BCUT2D eigenvalue weighted by Crippen LogP contribution is -2.60. The first-order valence-corrected chi connectivity index (χ1v) is 9.95. The van der Waals surface area contributed by atoms with Crippen molar-refractivity contribution >= 4 is 5.78 Å². The maximum Gasteiger partial charge on any atom is 0.229 e. The van der Waals surface area contributed by atoms with Gasteiger partial charge in [0, 0.05) is 17.7 Å². The third-order valence-electron chi connectivity index (χ3n) is 6.35. The lowest BCUT2D eigenvalue weighted by atomic mass is 9.86. The Bertz CT molecular complexity index is 833. The summed E-state index contributed by atoms with van der Waals surface area (Å²) in [4.78, 5) is 13.1. The van der Waals surface area contributed by atoms with Crippen LogP contribution in [0.3, 0.4) is 0 Å². The van der Waals surface area contributed by atoms with Crippen LogP contribution in [0.1, 0.15) is 52.6 Å². The van der Waals surface area contributed by atoms with Gasteiger partial charge in [-0.15, -0.1) is 0 Å². The van der Waals surface area contributed by atoms with E-state index < -0.39 is 48.8 Å². The van der Waals surface area contributed by atoms with E-state index in [1.165, 1.54) is 0 Å². The number of carbonyl (C=O) groups excluding carboxylic acids is 1. The summed E-state index contributed by atoms with van der Waals surface area (Å²) in [5, 5.41) is 60.2. The van der Waals surface area contributed by atoms with Crippen LogP contribution < -0.4 is 4.74 Å². The predicted octanol–water partition coefficient (Wildman–Crippen LogP) is -0.727. The van der Waals surface area contributed by atoms with Crippen molar-refractivity contribution in [3.8, 4) is 5.75 Å². The molecular weight excluding hydrogens is 396 g/mol. The Balaban J connectivity index is 2.14. The Morgan fingerprint density at radius 3 is 2.20 bits per heavy atom. The second kappa shape index (κ2) is 8.16. The minimum absolute atomic E-state index is 0.120. The quantitative estimate of drug-likeness (QED) is 0.357. The molecule has 6 atom stereocenters. The van der Waals surface area contributed by atoms with E-state index in [1.807, 2.05) is 0 Å². The Labute approximate surface area is 174 Å². The van der Waals surface area contributed by atoms with Crippen LogP contribution in [0.15, 0.2) is 0 Å². The van der Waals surface area contributed by atoms with Crippen LogP contribution in [0, 0.1) is 19.3 Å². The molecule has 0 bridgehead atoms. The van der Waals surface area contributed by atoms with Gasteiger partial charge in [0.2, 0.25) is 6.29 Å². The molecule has 3 rings (SSSR count). The number of carbonyl (C=O) groups is 1. The predicted molar refractivity (Wildman–Crippen MR) is 104 cm³/mol.